The first-order valence-electron chi connectivity index (χ1n) is 6.94. The first-order chi connectivity index (χ1) is 9.58. The van der Waals surface area contributed by atoms with Crippen molar-refractivity contribution in [2.24, 2.45) is 0 Å². The number of aromatic nitrogens is 1. The van der Waals surface area contributed by atoms with Crippen molar-refractivity contribution in [3.05, 3.63) is 53.3 Å². The minimum absolute atomic E-state index is 0.536. The van der Waals surface area contributed by atoms with Gasteiger partial charge < -0.3 is 10.1 Å². The van der Waals surface area contributed by atoms with Gasteiger partial charge in [0.1, 0.15) is 5.75 Å². The first-order valence-corrected chi connectivity index (χ1v) is 6.94. The Hall–Kier alpha value is -2.03. The molecule has 1 aromatic carbocycles. The largest absolute Gasteiger partial charge is 0.497 e. The minimum atomic E-state index is 0.536. The van der Waals surface area contributed by atoms with E-state index < -0.39 is 0 Å². The number of aryl methyl sites for hydroxylation is 1. The van der Waals surface area contributed by atoms with Crippen LogP contribution in [-0.4, -0.2) is 12.1 Å². The van der Waals surface area contributed by atoms with Gasteiger partial charge in [-0.25, -0.2) is 0 Å². The van der Waals surface area contributed by atoms with Crippen LogP contribution in [0.3, 0.4) is 0 Å². The molecule has 0 spiro atoms. The highest BCUT2D eigenvalue weighted by Gasteiger charge is 2.03. The molecule has 0 amide bonds. The molecule has 0 unspecified atom stereocenters. The Morgan fingerprint density at radius 1 is 1.20 bits per heavy atom. The standard InChI is InChI=1S/C17H22N2O/c1-12(2)14-6-5-7-15(9-14)18-11-16-10-17(20-4)8-13(3)19-16/h5-10,12,18H,11H2,1-4H3. The number of benzene rings is 1. The molecule has 3 heteroatoms. The lowest BCUT2D eigenvalue weighted by Gasteiger charge is -2.11. The fourth-order valence-corrected chi connectivity index (χ4v) is 2.11. The second-order valence-corrected chi connectivity index (χ2v) is 5.27. The van der Waals surface area contributed by atoms with E-state index in [1.54, 1.807) is 7.11 Å². The molecule has 106 valence electrons. The van der Waals surface area contributed by atoms with E-state index in [4.69, 9.17) is 4.74 Å². The van der Waals surface area contributed by atoms with Crippen LogP contribution in [0.2, 0.25) is 0 Å². The highest BCUT2D eigenvalue weighted by atomic mass is 16.5. The molecule has 0 aliphatic carbocycles. The van der Waals surface area contributed by atoms with E-state index in [1.165, 1.54) is 5.56 Å². The van der Waals surface area contributed by atoms with Gasteiger partial charge in [0.05, 0.1) is 19.3 Å². The number of methoxy groups -OCH3 is 1. The summed E-state index contributed by atoms with van der Waals surface area (Å²) in [6, 6.07) is 12.4. The smallest absolute Gasteiger partial charge is 0.122 e. The third-order valence-electron chi connectivity index (χ3n) is 3.24. The van der Waals surface area contributed by atoms with E-state index in [1.807, 2.05) is 19.1 Å². The lowest BCUT2D eigenvalue weighted by Crippen LogP contribution is -2.03. The van der Waals surface area contributed by atoms with Gasteiger partial charge >= 0.3 is 0 Å². The van der Waals surface area contributed by atoms with E-state index in [2.05, 4.69) is 48.4 Å². The number of rotatable bonds is 5. The van der Waals surface area contributed by atoms with Gasteiger partial charge in [-0.05, 0) is 30.5 Å². The van der Waals surface area contributed by atoms with Gasteiger partial charge in [0.2, 0.25) is 0 Å². The van der Waals surface area contributed by atoms with E-state index in [0.29, 0.717) is 12.5 Å². The van der Waals surface area contributed by atoms with Crippen molar-refractivity contribution in [3.63, 3.8) is 0 Å². The minimum Gasteiger partial charge on any atom is -0.497 e. The van der Waals surface area contributed by atoms with Crippen LogP contribution < -0.4 is 10.1 Å². The zero-order valence-electron chi connectivity index (χ0n) is 12.6. The second-order valence-electron chi connectivity index (χ2n) is 5.27. The van der Waals surface area contributed by atoms with Gasteiger partial charge in [0.25, 0.3) is 0 Å². The predicted octanol–water partition coefficient (Wildman–Crippen LogP) is 4.13. The molecule has 3 nitrogen and oxygen atoms in total. The van der Waals surface area contributed by atoms with Gasteiger partial charge in [-0.2, -0.15) is 0 Å². The fourth-order valence-electron chi connectivity index (χ4n) is 2.11. The van der Waals surface area contributed by atoms with Gasteiger partial charge in [-0.1, -0.05) is 26.0 Å². The normalized spacial score (nSPS) is 10.7. The number of nitrogens with one attached hydrogen (secondary N) is 1. The number of hydrogen-bond acceptors (Lipinski definition) is 3. The van der Waals surface area contributed by atoms with Crippen molar-refractivity contribution in [1.82, 2.24) is 4.98 Å². The molecule has 1 heterocycles. The summed E-state index contributed by atoms with van der Waals surface area (Å²) < 4.78 is 5.27. The average molecular weight is 270 g/mol. The Balaban J connectivity index is 2.08. The van der Waals surface area contributed by atoms with E-state index in [9.17, 15) is 0 Å². The van der Waals surface area contributed by atoms with Crippen molar-refractivity contribution < 1.29 is 4.74 Å². The van der Waals surface area contributed by atoms with Crippen molar-refractivity contribution >= 4 is 5.69 Å². The summed E-state index contributed by atoms with van der Waals surface area (Å²) in [6.45, 7) is 7.07. The van der Waals surface area contributed by atoms with Crippen LogP contribution in [0.25, 0.3) is 0 Å². The van der Waals surface area contributed by atoms with E-state index >= 15 is 0 Å². The Morgan fingerprint density at radius 3 is 2.70 bits per heavy atom. The molecule has 0 bridgehead atoms. The van der Waals surface area contributed by atoms with Crippen LogP contribution in [0.5, 0.6) is 5.75 Å². The molecular formula is C17H22N2O. The monoisotopic (exact) mass is 270 g/mol. The number of hydrogen-bond donors (Lipinski definition) is 1. The maximum absolute atomic E-state index is 5.27. The van der Waals surface area contributed by atoms with E-state index in [0.717, 1.165) is 22.8 Å². The number of ether oxygens (including phenoxy) is 1. The van der Waals surface area contributed by atoms with Gasteiger partial charge in [0.15, 0.2) is 0 Å². The number of anilines is 1. The van der Waals surface area contributed by atoms with Crippen LogP contribution in [0, 0.1) is 6.92 Å². The average Bonchev–Trinajstić information content (AvgIpc) is 2.44. The third kappa shape index (κ3) is 3.73. The quantitative estimate of drug-likeness (QED) is 0.887. The Morgan fingerprint density at radius 2 is 2.00 bits per heavy atom. The fraction of sp³-hybridized carbons (Fsp3) is 0.353. The lowest BCUT2D eigenvalue weighted by molar-refractivity contribution is 0.413. The van der Waals surface area contributed by atoms with Gasteiger partial charge in [-0.15, -0.1) is 0 Å². The Kier molecular flexibility index (Phi) is 4.61. The molecule has 0 saturated heterocycles. The van der Waals surface area contributed by atoms with E-state index in [-0.39, 0.29) is 0 Å². The molecule has 2 aromatic rings. The molecule has 0 fully saturated rings. The molecule has 0 aliphatic heterocycles. The third-order valence-corrected chi connectivity index (χ3v) is 3.24. The molecule has 0 aliphatic rings. The summed E-state index contributed by atoms with van der Waals surface area (Å²) in [7, 11) is 1.68. The predicted molar refractivity (Wildman–Crippen MR) is 83.4 cm³/mol. The molecule has 0 atom stereocenters. The Labute approximate surface area is 121 Å². The highest BCUT2D eigenvalue weighted by Crippen LogP contribution is 2.19. The van der Waals surface area contributed by atoms with Crippen molar-refractivity contribution in [2.75, 3.05) is 12.4 Å². The number of pyridine rings is 1. The second kappa shape index (κ2) is 6.42. The molecule has 1 N–H and O–H groups in total. The van der Waals surface area contributed by atoms with Crippen LogP contribution in [-0.2, 0) is 6.54 Å². The SMILES string of the molecule is COc1cc(C)nc(CNc2cccc(C(C)C)c2)c1. The summed E-state index contributed by atoms with van der Waals surface area (Å²) >= 11 is 0. The van der Waals surface area contributed by atoms with Crippen molar-refractivity contribution in [1.29, 1.82) is 0 Å². The van der Waals surface area contributed by atoms with Crippen molar-refractivity contribution in [3.8, 4) is 5.75 Å². The molecule has 2 rings (SSSR count). The summed E-state index contributed by atoms with van der Waals surface area (Å²) in [6.07, 6.45) is 0. The summed E-state index contributed by atoms with van der Waals surface area (Å²) in [5, 5.41) is 3.42. The molecular weight excluding hydrogens is 248 g/mol. The zero-order valence-corrected chi connectivity index (χ0v) is 12.6. The molecule has 0 radical (unpaired) electrons. The maximum atomic E-state index is 5.27. The maximum Gasteiger partial charge on any atom is 0.122 e. The Bertz CT molecular complexity index is 579. The lowest BCUT2D eigenvalue weighted by atomic mass is 10.0. The van der Waals surface area contributed by atoms with Gasteiger partial charge in [-0.3, -0.25) is 4.98 Å². The highest BCUT2D eigenvalue weighted by molar-refractivity contribution is 5.46. The molecule has 1 aromatic heterocycles. The number of nitrogens with zero attached hydrogens (tertiary/aromatic N) is 1. The van der Waals surface area contributed by atoms with Crippen LogP contribution in [0.4, 0.5) is 5.69 Å². The summed E-state index contributed by atoms with van der Waals surface area (Å²) in [4.78, 5) is 4.51. The van der Waals surface area contributed by atoms with Gasteiger partial charge in [0, 0.05) is 23.5 Å². The summed E-state index contributed by atoms with van der Waals surface area (Å²) in [5.41, 5.74) is 4.41. The van der Waals surface area contributed by atoms with Crippen LogP contribution in [0.1, 0.15) is 36.7 Å². The summed E-state index contributed by atoms with van der Waals surface area (Å²) in [5.74, 6) is 1.39. The topological polar surface area (TPSA) is 34.1 Å². The molecule has 0 saturated carbocycles. The molecule has 20 heavy (non-hydrogen) atoms. The van der Waals surface area contributed by atoms with Crippen molar-refractivity contribution in [2.45, 2.75) is 33.2 Å². The van der Waals surface area contributed by atoms with Crippen LogP contribution >= 0.6 is 0 Å². The zero-order chi connectivity index (χ0) is 14.5. The van der Waals surface area contributed by atoms with Crippen LogP contribution in [0.15, 0.2) is 36.4 Å². The first kappa shape index (κ1) is 14.4.